The molecule has 124 valence electrons. The SMILES string of the molecule is Cc1cc(C)c(Cc2ccc(S(=O)(=O)C(Br)(Br)Br)cc2)c(C)c1. The van der Waals surface area contributed by atoms with Crippen molar-refractivity contribution in [2.24, 2.45) is 0 Å². The molecule has 0 saturated heterocycles. The third-order valence-corrected chi connectivity index (χ3v) is 9.10. The summed E-state index contributed by atoms with van der Waals surface area (Å²) in [5, 5.41) is 0. The third kappa shape index (κ3) is 4.27. The first-order chi connectivity index (χ1) is 10.5. The molecule has 0 unspecified atom stereocenters. The van der Waals surface area contributed by atoms with E-state index in [9.17, 15) is 8.42 Å². The Balaban J connectivity index is 2.32. The van der Waals surface area contributed by atoms with Gasteiger partial charge in [0, 0.05) is 0 Å². The first kappa shape index (κ1) is 19.2. The number of halogens is 3. The van der Waals surface area contributed by atoms with Crippen molar-refractivity contribution in [3.05, 3.63) is 64.2 Å². The van der Waals surface area contributed by atoms with Gasteiger partial charge in [0.25, 0.3) is 0 Å². The van der Waals surface area contributed by atoms with Gasteiger partial charge in [-0.1, -0.05) is 29.8 Å². The Kier molecular flexibility index (Phi) is 5.82. The van der Waals surface area contributed by atoms with E-state index in [4.69, 9.17) is 0 Å². The van der Waals surface area contributed by atoms with Crippen molar-refractivity contribution in [2.45, 2.75) is 33.6 Å². The van der Waals surface area contributed by atoms with Gasteiger partial charge in [0.1, 0.15) is 0 Å². The normalized spacial score (nSPS) is 12.4. The van der Waals surface area contributed by atoms with Crippen LogP contribution in [0.2, 0.25) is 0 Å². The van der Waals surface area contributed by atoms with E-state index in [1.165, 1.54) is 22.3 Å². The molecule has 2 nitrogen and oxygen atoms in total. The van der Waals surface area contributed by atoms with Crippen LogP contribution in [0.5, 0.6) is 0 Å². The second-order valence-electron chi connectivity index (χ2n) is 5.65. The van der Waals surface area contributed by atoms with Crippen molar-refractivity contribution in [3.8, 4) is 0 Å². The van der Waals surface area contributed by atoms with Gasteiger partial charge in [0.05, 0.1) is 4.90 Å². The topological polar surface area (TPSA) is 34.1 Å². The molecule has 6 heteroatoms. The maximum atomic E-state index is 12.3. The highest BCUT2D eigenvalue weighted by molar-refractivity contribution is 9.42. The van der Waals surface area contributed by atoms with Crippen LogP contribution >= 0.6 is 47.8 Å². The highest BCUT2D eigenvalue weighted by Crippen LogP contribution is 2.43. The standard InChI is InChI=1S/C17H17Br3O2S/c1-11-8-12(2)16(13(3)9-11)10-14-4-6-15(7-5-14)23(21,22)17(18,19)20/h4-9H,10H2,1-3H3. The van der Waals surface area contributed by atoms with Crippen molar-refractivity contribution < 1.29 is 8.42 Å². The Labute approximate surface area is 163 Å². The predicted molar refractivity (Wildman–Crippen MR) is 107 cm³/mol. The Morgan fingerprint density at radius 1 is 0.913 bits per heavy atom. The Morgan fingerprint density at radius 3 is 1.83 bits per heavy atom. The van der Waals surface area contributed by atoms with Crippen LogP contribution in [-0.2, 0) is 16.3 Å². The molecule has 0 aliphatic heterocycles. The van der Waals surface area contributed by atoms with Crippen molar-refractivity contribution in [3.63, 3.8) is 0 Å². The molecule has 0 aliphatic rings. The van der Waals surface area contributed by atoms with Crippen LogP contribution in [0.4, 0.5) is 0 Å². The van der Waals surface area contributed by atoms with Crippen LogP contribution in [0.15, 0.2) is 41.3 Å². The van der Waals surface area contributed by atoms with Crippen LogP contribution in [0.3, 0.4) is 0 Å². The number of sulfone groups is 1. The molecule has 2 rings (SSSR count). The molecular formula is C17H17Br3O2S. The quantitative estimate of drug-likeness (QED) is 0.477. The van der Waals surface area contributed by atoms with Gasteiger partial charge >= 0.3 is 0 Å². The summed E-state index contributed by atoms with van der Waals surface area (Å²) >= 11 is 9.24. The van der Waals surface area contributed by atoms with Crippen molar-refractivity contribution >= 4 is 57.6 Å². The summed E-state index contributed by atoms with van der Waals surface area (Å²) in [5.41, 5.74) is 6.16. The highest BCUT2D eigenvalue weighted by atomic mass is 80.0. The molecule has 2 aromatic rings. The molecule has 0 amide bonds. The maximum Gasteiger partial charge on any atom is 0.239 e. The largest absolute Gasteiger partial charge is 0.239 e. The van der Waals surface area contributed by atoms with Crippen molar-refractivity contribution in [1.29, 1.82) is 0 Å². The van der Waals surface area contributed by atoms with Gasteiger partial charge in [-0.25, -0.2) is 8.42 Å². The molecule has 0 atom stereocenters. The first-order valence-corrected chi connectivity index (χ1v) is 10.9. The minimum absolute atomic E-state index is 0.254. The monoisotopic (exact) mass is 522 g/mol. The fourth-order valence-electron chi connectivity index (χ4n) is 2.61. The lowest BCUT2D eigenvalue weighted by Gasteiger charge is -2.15. The van der Waals surface area contributed by atoms with Gasteiger partial charge in [0.2, 0.25) is 11.3 Å². The fraction of sp³-hybridized carbons (Fsp3) is 0.294. The zero-order chi connectivity index (χ0) is 17.4. The summed E-state index contributed by atoms with van der Waals surface area (Å²) in [6.45, 7) is 6.32. The van der Waals surface area contributed by atoms with Crippen molar-refractivity contribution in [2.75, 3.05) is 0 Å². The van der Waals surface area contributed by atoms with Crippen LogP contribution in [0.25, 0.3) is 0 Å². The smallest absolute Gasteiger partial charge is 0.220 e. The summed E-state index contributed by atoms with van der Waals surface area (Å²) in [6.07, 6.45) is 0.792. The summed E-state index contributed by atoms with van der Waals surface area (Å²) in [7, 11) is -3.54. The van der Waals surface area contributed by atoms with E-state index < -0.39 is 11.3 Å². The average molecular weight is 525 g/mol. The van der Waals surface area contributed by atoms with E-state index in [0.717, 1.165) is 12.0 Å². The molecule has 0 fully saturated rings. The zero-order valence-electron chi connectivity index (χ0n) is 13.0. The summed E-state index contributed by atoms with van der Waals surface area (Å²) in [6, 6.07) is 11.4. The van der Waals surface area contributed by atoms with Crippen LogP contribution in [0.1, 0.15) is 27.8 Å². The molecule has 0 aliphatic carbocycles. The molecule has 0 bridgehead atoms. The molecule has 2 aromatic carbocycles. The Bertz CT molecular complexity index is 797. The fourth-order valence-corrected chi connectivity index (χ4v) is 5.06. The average Bonchev–Trinajstić information content (AvgIpc) is 2.42. The van der Waals surface area contributed by atoms with Gasteiger partial charge in [-0.3, -0.25) is 0 Å². The Morgan fingerprint density at radius 2 is 1.39 bits per heavy atom. The second-order valence-corrected chi connectivity index (χ2v) is 16.1. The lowest BCUT2D eigenvalue weighted by Crippen LogP contribution is -2.17. The predicted octanol–water partition coefficient (Wildman–Crippen LogP) is 5.77. The third-order valence-electron chi connectivity index (χ3n) is 3.76. The van der Waals surface area contributed by atoms with Gasteiger partial charge in [-0.15, -0.1) is 0 Å². The van der Waals surface area contributed by atoms with E-state index in [1.54, 1.807) is 12.1 Å². The molecular weight excluding hydrogens is 508 g/mol. The molecule has 23 heavy (non-hydrogen) atoms. The molecule has 0 N–H and O–H groups in total. The van der Waals surface area contributed by atoms with Crippen LogP contribution in [0, 0.1) is 20.8 Å². The van der Waals surface area contributed by atoms with Crippen LogP contribution in [-0.4, -0.2) is 9.89 Å². The molecule has 0 heterocycles. The van der Waals surface area contributed by atoms with Gasteiger partial charge in [-0.2, -0.15) is 0 Å². The zero-order valence-corrected chi connectivity index (χ0v) is 18.6. The van der Waals surface area contributed by atoms with E-state index in [2.05, 4.69) is 80.7 Å². The number of hydrogen-bond donors (Lipinski definition) is 0. The van der Waals surface area contributed by atoms with Crippen molar-refractivity contribution in [1.82, 2.24) is 0 Å². The lowest BCUT2D eigenvalue weighted by molar-refractivity contribution is 0.599. The molecule has 0 saturated carbocycles. The first-order valence-electron chi connectivity index (χ1n) is 6.99. The minimum Gasteiger partial charge on any atom is -0.220 e. The number of aryl methyl sites for hydroxylation is 3. The second kappa shape index (κ2) is 6.98. The van der Waals surface area contributed by atoms with E-state index >= 15 is 0 Å². The number of rotatable bonds is 3. The summed E-state index contributed by atoms with van der Waals surface area (Å²) < 4.78 is 23.3. The summed E-state index contributed by atoms with van der Waals surface area (Å²) in [5.74, 6) is 0. The van der Waals surface area contributed by atoms with E-state index in [0.29, 0.717) is 0 Å². The van der Waals surface area contributed by atoms with E-state index in [-0.39, 0.29) is 4.90 Å². The number of benzene rings is 2. The van der Waals surface area contributed by atoms with Crippen LogP contribution < -0.4 is 0 Å². The maximum absolute atomic E-state index is 12.3. The minimum atomic E-state index is -3.54. The molecule has 0 radical (unpaired) electrons. The van der Waals surface area contributed by atoms with E-state index in [1.807, 2.05) is 12.1 Å². The Hall–Kier alpha value is -0.170. The molecule has 0 spiro atoms. The van der Waals surface area contributed by atoms with Gasteiger partial charge < -0.3 is 0 Å². The number of hydrogen-bond acceptors (Lipinski definition) is 2. The highest BCUT2D eigenvalue weighted by Gasteiger charge is 2.37. The van der Waals surface area contributed by atoms with Gasteiger partial charge in [-0.05, 0) is 109 Å². The number of alkyl halides is 3. The lowest BCUT2D eigenvalue weighted by atomic mass is 9.94. The molecule has 0 aromatic heterocycles. The summed E-state index contributed by atoms with van der Waals surface area (Å²) in [4.78, 5) is 0.254. The van der Waals surface area contributed by atoms with Gasteiger partial charge in [0.15, 0.2) is 0 Å².